The van der Waals surface area contributed by atoms with Gasteiger partial charge in [-0.15, -0.1) is 0 Å². The topological polar surface area (TPSA) is 95.6 Å². The van der Waals surface area contributed by atoms with E-state index in [0.29, 0.717) is 22.8 Å². The third kappa shape index (κ3) is 6.36. The predicted octanol–water partition coefficient (Wildman–Crippen LogP) is 4.56. The van der Waals surface area contributed by atoms with E-state index in [1.54, 1.807) is 54.6 Å². The molecule has 34 heavy (non-hydrogen) atoms. The van der Waals surface area contributed by atoms with Crippen LogP contribution in [0.15, 0.2) is 83.8 Å². The zero-order valence-electron chi connectivity index (χ0n) is 18.9. The van der Waals surface area contributed by atoms with Crippen molar-refractivity contribution in [2.24, 2.45) is 5.92 Å². The Morgan fingerprint density at radius 2 is 1.53 bits per heavy atom. The Morgan fingerprint density at radius 1 is 0.912 bits per heavy atom. The highest BCUT2D eigenvalue weighted by atomic mass is 35.5. The summed E-state index contributed by atoms with van der Waals surface area (Å²) in [6.07, 6.45) is 0. The molecule has 3 aromatic rings. The standard InChI is InChI=1S/C25H26ClN3O4S/c1-18(2)16-27-25(31)22-10-6-7-11-23(22)28-24(30)17-29(20-14-12-19(26)13-15-20)34(32,33)21-8-4-3-5-9-21/h3-15,18H,16-17H2,1-2H3,(H,27,31)(H,28,30). The van der Waals surface area contributed by atoms with Gasteiger partial charge in [0.2, 0.25) is 5.91 Å². The van der Waals surface area contributed by atoms with Crippen molar-refractivity contribution in [2.45, 2.75) is 18.7 Å². The van der Waals surface area contributed by atoms with Crippen molar-refractivity contribution < 1.29 is 18.0 Å². The number of para-hydroxylation sites is 1. The van der Waals surface area contributed by atoms with E-state index in [1.807, 2.05) is 13.8 Å². The van der Waals surface area contributed by atoms with Crippen LogP contribution in [0.2, 0.25) is 5.02 Å². The molecule has 178 valence electrons. The first kappa shape index (κ1) is 25.3. The molecule has 0 radical (unpaired) electrons. The van der Waals surface area contributed by atoms with Gasteiger partial charge in [0.05, 0.1) is 21.8 Å². The summed E-state index contributed by atoms with van der Waals surface area (Å²) < 4.78 is 27.8. The fourth-order valence-electron chi connectivity index (χ4n) is 3.14. The van der Waals surface area contributed by atoms with Crippen molar-refractivity contribution in [3.05, 3.63) is 89.4 Å². The highest BCUT2D eigenvalue weighted by Gasteiger charge is 2.27. The summed E-state index contributed by atoms with van der Waals surface area (Å²) in [6.45, 7) is 3.94. The van der Waals surface area contributed by atoms with E-state index in [9.17, 15) is 18.0 Å². The number of nitrogens with one attached hydrogen (secondary N) is 2. The first-order valence-corrected chi connectivity index (χ1v) is 12.5. The second-order valence-corrected chi connectivity index (χ2v) is 10.3. The van der Waals surface area contributed by atoms with E-state index >= 15 is 0 Å². The zero-order valence-corrected chi connectivity index (χ0v) is 20.4. The highest BCUT2D eigenvalue weighted by Crippen LogP contribution is 2.25. The maximum Gasteiger partial charge on any atom is 0.264 e. The molecule has 0 aliphatic rings. The van der Waals surface area contributed by atoms with Crippen molar-refractivity contribution in [1.82, 2.24) is 5.32 Å². The summed E-state index contributed by atoms with van der Waals surface area (Å²) in [5, 5.41) is 5.94. The number of rotatable bonds is 9. The maximum absolute atomic E-state index is 13.4. The lowest BCUT2D eigenvalue weighted by atomic mass is 10.1. The lowest BCUT2D eigenvalue weighted by molar-refractivity contribution is -0.114. The van der Waals surface area contributed by atoms with Gasteiger partial charge >= 0.3 is 0 Å². The summed E-state index contributed by atoms with van der Waals surface area (Å²) in [6, 6.07) is 20.6. The molecular formula is C25H26ClN3O4S. The number of nitrogens with zero attached hydrogens (tertiary/aromatic N) is 1. The van der Waals surface area contributed by atoms with Crippen LogP contribution in [0.4, 0.5) is 11.4 Å². The average molecular weight is 500 g/mol. The number of amides is 2. The molecule has 0 aliphatic heterocycles. The van der Waals surface area contributed by atoms with Gasteiger partial charge in [0.1, 0.15) is 6.54 Å². The molecule has 0 unspecified atom stereocenters. The fraction of sp³-hybridized carbons (Fsp3) is 0.200. The predicted molar refractivity (Wildman–Crippen MR) is 135 cm³/mol. The van der Waals surface area contributed by atoms with Crippen molar-refractivity contribution in [1.29, 1.82) is 0 Å². The molecule has 0 saturated heterocycles. The van der Waals surface area contributed by atoms with Crippen LogP contribution in [-0.4, -0.2) is 33.3 Å². The summed E-state index contributed by atoms with van der Waals surface area (Å²) in [5.74, 6) is -0.656. The molecule has 7 nitrogen and oxygen atoms in total. The largest absolute Gasteiger partial charge is 0.352 e. The van der Waals surface area contributed by atoms with Gasteiger partial charge < -0.3 is 10.6 Å². The number of halogens is 1. The monoisotopic (exact) mass is 499 g/mol. The third-order valence-electron chi connectivity index (χ3n) is 4.85. The molecular weight excluding hydrogens is 474 g/mol. The van der Waals surface area contributed by atoms with Crippen molar-refractivity contribution in [3.8, 4) is 0 Å². The Kier molecular flexibility index (Phi) is 8.31. The van der Waals surface area contributed by atoms with Gasteiger partial charge in [-0.25, -0.2) is 8.42 Å². The van der Waals surface area contributed by atoms with Gasteiger partial charge in [-0.1, -0.05) is 55.8 Å². The molecule has 0 heterocycles. The summed E-state index contributed by atoms with van der Waals surface area (Å²) in [7, 11) is -4.05. The number of hydrogen-bond donors (Lipinski definition) is 2. The molecule has 2 N–H and O–H groups in total. The second-order valence-electron chi connectivity index (χ2n) is 8.00. The van der Waals surface area contributed by atoms with Crippen LogP contribution in [0.1, 0.15) is 24.2 Å². The van der Waals surface area contributed by atoms with E-state index in [2.05, 4.69) is 10.6 Å². The first-order chi connectivity index (χ1) is 16.2. The quantitative estimate of drug-likeness (QED) is 0.451. The van der Waals surface area contributed by atoms with Crippen molar-refractivity contribution in [2.75, 3.05) is 22.7 Å². The van der Waals surface area contributed by atoms with Gasteiger partial charge in [0.15, 0.2) is 0 Å². The number of carbonyl (C=O) groups excluding carboxylic acids is 2. The third-order valence-corrected chi connectivity index (χ3v) is 6.89. The second kappa shape index (κ2) is 11.2. The lowest BCUT2D eigenvalue weighted by Crippen LogP contribution is -2.38. The number of anilines is 2. The molecule has 0 bridgehead atoms. The Labute approximate surface area is 204 Å². The van der Waals surface area contributed by atoms with E-state index < -0.39 is 22.5 Å². The molecule has 0 fully saturated rings. The Hall–Kier alpha value is -3.36. The molecule has 0 atom stereocenters. The number of benzene rings is 3. The minimum atomic E-state index is -4.05. The molecule has 0 aromatic heterocycles. The summed E-state index contributed by atoms with van der Waals surface area (Å²) in [4.78, 5) is 25.6. The van der Waals surface area contributed by atoms with Gasteiger partial charge in [-0.3, -0.25) is 13.9 Å². The molecule has 3 rings (SSSR count). The van der Waals surface area contributed by atoms with Crippen LogP contribution in [0.5, 0.6) is 0 Å². The summed E-state index contributed by atoms with van der Waals surface area (Å²) >= 11 is 5.97. The van der Waals surface area contributed by atoms with Gasteiger partial charge in [-0.2, -0.15) is 0 Å². The molecule has 0 spiro atoms. The fourth-order valence-corrected chi connectivity index (χ4v) is 4.71. The SMILES string of the molecule is CC(C)CNC(=O)c1ccccc1NC(=O)CN(c1ccc(Cl)cc1)S(=O)(=O)c1ccccc1. The van der Waals surface area contributed by atoms with Crippen LogP contribution in [-0.2, 0) is 14.8 Å². The molecule has 0 saturated carbocycles. The minimum Gasteiger partial charge on any atom is -0.352 e. The smallest absolute Gasteiger partial charge is 0.264 e. The van der Waals surface area contributed by atoms with Gasteiger partial charge in [0, 0.05) is 11.6 Å². The maximum atomic E-state index is 13.4. The highest BCUT2D eigenvalue weighted by molar-refractivity contribution is 7.92. The van der Waals surface area contributed by atoms with Gasteiger partial charge in [-0.05, 0) is 54.4 Å². The average Bonchev–Trinajstić information content (AvgIpc) is 2.82. The van der Waals surface area contributed by atoms with Crippen molar-refractivity contribution >= 4 is 44.8 Å². The van der Waals surface area contributed by atoms with Gasteiger partial charge in [0.25, 0.3) is 15.9 Å². The van der Waals surface area contributed by atoms with E-state index in [-0.39, 0.29) is 22.4 Å². The zero-order chi connectivity index (χ0) is 24.7. The lowest BCUT2D eigenvalue weighted by Gasteiger charge is -2.24. The van der Waals surface area contributed by atoms with E-state index in [1.165, 1.54) is 24.3 Å². The van der Waals surface area contributed by atoms with Crippen LogP contribution >= 0.6 is 11.6 Å². The molecule has 0 aliphatic carbocycles. The number of hydrogen-bond acceptors (Lipinski definition) is 4. The molecule has 9 heteroatoms. The first-order valence-electron chi connectivity index (χ1n) is 10.7. The number of sulfonamides is 1. The van der Waals surface area contributed by atoms with Crippen LogP contribution in [0.25, 0.3) is 0 Å². The Bertz CT molecular complexity index is 1250. The Balaban J connectivity index is 1.88. The van der Waals surface area contributed by atoms with Crippen LogP contribution in [0.3, 0.4) is 0 Å². The van der Waals surface area contributed by atoms with Crippen LogP contribution < -0.4 is 14.9 Å². The van der Waals surface area contributed by atoms with Crippen molar-refractivity contribution in [3.63, 3.8) is 0 Å². The Morgan fingerprint density at radius 3 is 2.18 bits per heavy atom. The van der Waals surface area contributed by atoms with E-state index in [0.717, 1.165) is 4.31 Å². The normalized spacial score (nSPS) is 11.2. The van der Waals surface area contributed by atoms with E-state index in [4.69, 9.17) is 11.6 Å². The van der Waals surface area contributed by atoms with Crippen LogP contribution in [0, 0.1) is 5.92 Å². The molecule has 2 amide bonds. The summed E-state index contributed by atoms with van der Waals surface area (Å²) in [5.41, 5.74) is 0.869. The minimum absolute atomic E-state index is 0.0474. The molecule has 3 aromatic carbocycles. The number of carbonyl (C=O) groups is 2.